The van der Waals surface area contributed by atoms with Gasteiger partial charge in [-0.3, -0.25) is 4.79 Å². The number of hydrogen-bond donors (Lipinski definition) is 1. The first kappa shape index (κ1) is 19.5. The summed E-state index contributed by atoms with van der Waals surface area (Å²) >= 11 is 0. The predicted octanol–water partition coefficient (Wildman–Crippen LogP) is 1.86. The topological polar surface area (TPSA) is 69.7 Å². The Bertz CT molecular complexity index is 902. The van der Waals surface area contributed by atoms with Crippen LogP contribution in [0.1, 0.15) is 21.5 Å². The maximum absolute atomic E-state index is 12.6. The first-order valence-corrected chi connectivity index (χ1v) is 10.5. The zero-order valence-electron chi connectivity index (χ0n) is 15.7. The minimum atomic E-state index is -3.63. The van der Waals surface area contributed by atoms with Gasteiger partial charge in [0.25, 0.3) is 5.91 Å². The molecule has 0 saturated carbocycles. The van der Waals surface area contributed by atoms with Gasteiger partial charge in [0.05, 0.1) is 4.90 Å². The van der Waals surface area contributed by atoms with Gasteiger partial charge in [-0.05, 0) is 49.4 Å². The highest BCUT2D eigenvalue weighted by Crippen LogP contribution is 2.15. The molecule has 2 aromatic rings. The lowest BCUT2D eigenvalue weighted by atomic mass is 10.1. The van der Waals surface area contributed by atoms with Crippen molar-refractivity contribution < 1.29 is 13.2 Å². The van der Waals surface area contributed by atoms with E-state index >= 15 is 0 Å². The van der Waals surface area contributed by atoms with E-state index in [1.807, 2.05) is 38.2 Å². The average Bonchev–Trinajstić information content (AvgIpc) is 2.67. The molecule has 7 heteroatoms. The van der Waals surface area contributed by atoms with E-state index in [9.17, 15) is 13.2 Å². The summed E-state index contributed by atoms with van der Waals surface area (Å²) in [5.74, 6) is -0.0556. The molecule has 144 valence electrons. The summed E-state index contributed by atoms with van der Waals surface area (Å²) in [4.78, 5) is 16.7. The van der Waals surface area contributed by atoms with Crippen LogP contribution in [-0.4, -0.2) is 57.4 Å². The summed E-state index contributed by atoms with van der Waals surface area (Å²) in [7, 11) is -1.60. The molecule has 1 aliphatic rings. The van der Waals surface area contributed by atoms with Crippen LogP contribution in [0, 0.1) is 6.92 Å². The molecule has 1 saturated heterocycles. The van der Waals surface area contributed by atoms with Gasteiger partial charge in [0.2, 0.25) is 10.0 Å². The average molecular weight is 388 g/mol. The number of benzene rings is 2. The minimum absolute atomic E-state index is 0.0556. The smallest absolute Gasteiger partial charge is 0.253 e. The second-order valence-corrected chi connectivity index (χ2v) is 8.64. The number of nitrogens with zero attached hydrogens (tertiary/aromatic N) is 2. The Morgan fingerprint density at radius 1 is 1.00 bits per heavy atom. The molecule has 6 nitrogen and oxygen atoms in total. The van der Waals surface area contributed by atoms with E-state index in [-0.39, 0.29) is 17.3 Å². The lowest BCUT2D eigenvalue weighted by molar-refractivity contribution is 0.0664. The van der Waals surface area contributed by atoms with Crippen LogP contribution in [0.2, 0.25) is 0 Å². The van der Waals surface area contributed by atoms with E-state index in [4.69, 9.17) is 0 Å². The number of carbonyl (C=O) groups is 1. The van der Waals surface area contributed by atoms with Gasteiger partial charge >= 0.3 is 0 Å². The number of nitrogens with one attached hydrogen (secondary N) is 1. The van der Waals surface area contributed by atoms with Crippen molar-refractivity contribution in [3.8, 4) is 0 Å². The van der Waals surface area contributed by atoms with Gasteiger partial charge in [0.1, 0.15) is 0 Å². The van der Waals surface area contributed by atoms with Gasteiger partial charge < -0.3 is 9.80 Å². The predicted molar refractivity (Wildman–Crippen MR) is 105 cm³/mol. The summed E-state index contributed by atoms with van der Waals surface area (Å²) in [6.07, 6.45) is 0. The summed E-state index contributed by atoms with van der Waals surface area (Å²) < 4.78 is 27.7. The quantitative estimate of drug-likeness (QED) is 0.850. The van der Waals surface area contributed by atoms with Crippen molar-refractivity contribution in [3.63, 3.8) is 0 Å². The molecular formula is C20H25N3O3S. The van der Waals surface area contributed by atoms with Crippen molar-refractivity contribution in [2.45, 2.75) is 18.4 Å². The van der Waals surface area contributed by atoms with Crippen molar-refractivity contribution in [3.05, 3.63) is 65.2 Å². The zero-order chi connectivity index (χ0) is 19.4. The number of aryl methyl sites for hydroxylation is 1. The van der Waals surface area contributed by atoms with E-state index in [0.29, 0.717) is 18.7 Å². The molecule has 27 heavy (non-hydrogen) atoms. The number of rotatable bonds is 5. The fourth-order valence-electron chi connectivity index (χ4n) is 3.03. The number of hydrogen-bond acceptors (Lipinski definition) is 4. The molecule has 1 amide bonds. The summed E-state index contributed by atoms with van der Waals surface area (Å²) in [6.45, 7) is 5.25. The highest BCUT2D eigenvalue weighted by molar-refractivity contribution is 7.89. The lowest BCUT2D eigenvalue weighted by Gasteiger charge is -2.32. The van der Waals surface area contributed by atoms with Crippen LogP contribution < -0.4 is 4.72 Å². The summed E-state index contributed by atoms with van der Waals surface area (Å²) in [5.41, 5.74) is 2.48. The highest BCUT2D eigenvalue weighted by atomic mass is 32.2. The fourth-order valence-corrected chi connectivity index (χ4v) is 4.04. The number of amides is 1. The number of sulfonamides is 1. The van der Waals surface area contributed by atoms with Gasteiger partial charge in [-0.25, -0.2) is 13.1 Å². The van der Waals surface area contributed by atoms with Crippen molar-refractivity contribution in [1.82, 2.24) is 14.5 Å². The first-order chi connectivity index (χ1) is 12.9. The van der Waals surface area contributed by atoms with Crippen LogP contribution in [0.15, 0.2) is 53.4 Å². The summed E-state index contributed by atoms with van der Waals surface area (Å²) in [5, 5.41) is 0. The third-order valence-corrected chi connectivity index (χ3v) is 6.33. The molecule has 1 aliphatic heterocycles. The number of piperazine rings is 1. The fraction of sp³-hybridized carbons (Fsp3) is 0.350. The molecule has 0 atom stereocenters. The van der Waals surface area contributed by atoms with Gasteiger partial charge in [-0.1, -0.05) is 24.3 Å². The first-order valence-electron chi connectivity index (χ1n) is 8.99. The lowest BCUT2D eigenvalue weighted by Crippen LogP contribution is -2.47. The molecular weight excluding hydrogens is 362 g/mol. The Morgan fingerprint density at radius 3 is 2.26 bits per heavy atom. The second kappa shape index (κ2) is 8.21. The Morgan fingerprint density at radius 2 is 1.63 bits per heavy atom. The van der Waals surface area contributed by atoms with Gasteiger partial charge in [-0.15, -0.1) is 0 Å². The second-order valence-electron chi connectivity index (χ2n) is 6.87. The largest absolute Gasteiger partial charge is 0.336 e. The third kappa shape index (κ3) is 4.74. The number of carbonyl (C=O) groups excluding carboxylic acids is 1. The van der Waals surface area contributed by atoms with Crippen LogP contribution in [-0.2, 0) is 16.6 Å². The maximum Gasteiger partial charge on any atom is 0.253 e. The molecule has 0 spiro atoms. The van der Waals surface area contributed by atoms with Crippen LogP contribution >= 0.6 is 0 Å². The normalized spacial score (nSPS) is 15.7. The van der Waals surface area contributed by atoms with Crippen LogP contribution in [0.25, 0.3) is 0 Å². The third-order valence-electron chi connectivity index (χ3n) is 4.92. The van der Waals surface area contributed by atoms with E-state index < -0.39 is 10.0 Å². The standard InChI is InChI=1S/C20H25N3O3S/c1-16-5-3-4-6-18(16)15-21-27(25,26)19-9-7-17(8-10-19)20(24)23-13-11-22(2)12-14-23/h3-10,21H,11-15H2,1-2H3. The molecule has 0 aliphatic carbocycles. The Kier molecular flexibility index (Phi) is 5.94. The van der Waals surface area contributed by atoms with Crippen molar-refractivity contribution in [1.29, 1.82) is 0 Å². The van der Waals surface area contributed by atoms with Crippen molar-refractivity contribution in [2.75, 3.05) is 33.2 Å². The molecule has 1 heterocycles. The van der Waals surface area contributed by atoms with Gasteiger partial charge in [0, 0.05) is 38.3 Å². The molecule has 0 unspecified atom stereocenters. The van der Waals surface area contributed by atoms with Crippen LogP contribution in [0.3, 0.4) is 0 Å². The maximum atomic E-state index is 12.6. The minimum Gasteiger partial charge on any atom is -0.336 e. The molecule has 1 N–H and O–H groups in total. The Balaban J connectivity index is 1.67. The van der Waals surface area contributed by atoms with Gasteiger partial charge in [0.15, 0.2) is 0 Å². The SMILES string of the molecule is Cc1ccccc1CNS(=O)(=O)c1ccc(C(=O)N2CCN(C)CC2)cc1. The Hall–Kier alpha value is -2.22. The van der Waals surface area contributed by atoms with E-state index in [0.717, 1.165) is 24.2 Å². The molecule has 3 rings (SSSR count). The number of likely N-dealkylation sites (N-methyl/N-ethyl adjacent to an activating group) is 1. The zero-order valence-corrected chi connectivity index (χ0v) is 16.5. The molecule has 0 aromatic heterocycles. The Labute approximate surface area is 160 Å². The molecule has 0 radical (unpaired) electrons. The van der Waals surface area contributed by atoms with Crippen LogP contribution in [0.5, 0.6) is 0 Å². The molecule has 0 bridgehead atoms. The van der Waals surface area contributed by atoms with Gasteiger partial charge in [-0.2, -0.15) is 0 Å². The van der Waals surface area contributed by atoms with E-state index in [1.54, 1.807) is 17.0 Å². The molecule has 2 aromatic carbocycles. The highest BCUT2D eigenvalue weighted by Gasteiger charge is 2.21. The van der Waals surface area contributed by atoms with Crippen molar-refractivity contribution >= 4 is 15.9 Å². The monoisotopic (exact) mass is 387 g/mol. The van der Waals surface area contributed by atoms with E-state index in [2.05, 4.69) is 9.62 Å². The summed E-state index contributed by atoms with van der Waals surface area (Å²) in [6, 6.07) is 13.8. The van der Waals surface area contributed by atoms with Crippen LogP contribution in [0.4, 0.5) is 0 Å². The van der Waals surface area contributed by atoms with Crippen molar-refractivity contribution in [2.24, 2.45) is 0 Å². The van der Waals surface area contributed by atoms with E-state index in [1.165, 1.54) is 12.1 Å². The molecule has 1 fully saturated rings.